The molecule has 0 fully saturated rings. The number of alkyl halides is 3. The zero-order valence-electron chi connectivity index (χ0n) is 15.0. The van der Waals surface area contributed by atoms with Crippen LogP contribution < -0.4 is 5.32 Å². The van der Waals surface area contributed by atoms with Crippen LogP contribution in [0.25, 0.3) is 16.9 Å². The molecule has 30 heavy (non-hydrogen) atoms. The maximum absolute atomic E-state index is 13.0. The van der Waals surface area contributed by atoms with Crippen molar-refractivity contribution >= 4 is 28.7 Å². The van der Waals surface area contributed by atoms with Gasteiger partial charge in [-0.15, -0.1) is 0 Å². The van der Waals surface area contributed by atoms with E-state index in [0.29, 0.717) is 11.6 Å². The molecule has 1 atom stereocenters. The molecule has 0 aliphatic carbocycles. The first-order valence-corrected chi connectivity index (χ1v) is 8.70. The van der Waals surface area contributed by atoms with Crippen LogP contribution in [0.2, 0.25) is 5.02 Å². The summed E-state index contributed by atoms with van der Waals surface area (Å²) in [6, 6.07) is 2.93. The van der Waals surface area contributed by atoms with E-state index in [2.05, 4.69) is 30.4 Å². The highest BCUT2D eigenvalue weighted by atomic mass is 35.5. The van der Waals surface area contributed by atoms with Crippen LogP contribution in [0.4, 0.5) is 19.2 Å². The van der Waals surface area contributed by atoms with E-state index in [-0.39, 0.29) is 27.8 Å². The number of anilines is 1. The number of aromatic nitrogens is 6. The van der Waals surface area contributed by atoms with Crippen molar-refractivity contribution in [3.05, 3.63) is 53.0 Å². The monoisotopic (exact) mass is 434 g/mol. The second-order valence-corrected chi connectivity index (χ2v) is 6.50. The summed E-state index contributed by atoms with van der Waals surface area (Å²) in [6.07, 6.45) is -0.608. The second kappa shape index (κ2) is 7.27. The largest absolute Gasteiger partial charge is 0.422 e. The van der Waals surface area contributed by atoms with E-state index in [0.717, 1.165) is 12.1 Å². The van der Waals surface area contributed by atoms with Gasteiger partial charge in [-0.1, -0.05) is 11.6 Å². The van der Waals surface area contributed by atoms with Gasteiger partial charge in [-0.05, 0) is 19.1 Å². The maximum Gasteiger partial charge on any atom is 0.416 e. The zero-order chi connectivity index (χ0) is 21.5. The minimum Gasteiger partial charge on any atom is -0.422 e. The molecule has 0 aliphatic rings. The molecule has 3 aromatic heterocycles. The lowest BCUT2D eigenvalue weighted by Gasteiger charge is -2.12. The van der Waals surface area contributed by atoms with Crippen molar-refractivity contribution in [2.45, 2.75) is 19.1 Å². The van der Waals surface area contributed by atoms with Crippen molar-refractivity contribution in [3.8, 4) is 11.9 Å². The number of hydrogen-bond donors (Lipinski definition) is 1. The summed E-state index contributed by atoms with van der Waals surface area (Å²) in [5.74, 6) is 0.726. The third-order valence-corrected chi connectivity index (χ3v) is 4.32. The number of rotatable bonds is 4. The van der Waals surface area contributed by atoms with Gasteiger partial charge in [-0.2, -0.15) is 33.2 Å². The molecule has 4 aromatic rings. The number of nitrogens with zero attached hydrogens (tertiary/aromatic N) is 7. The Balaban J connectivity index is 1.62. The van der Waals surface area contributed by atoms with Crippen molar-refractivity contribution in [3.63, 3.8) is 0 Å². The van der Waals surface area contributed by atoms with Crippen molar-refractivity contribution < 1.29 is 17.6 Å². The van der Waals surface area contributed by atoms with Gasteiger partial charge in [0.05, 0.1) is 29.0 Å². The molecule has 0 spiro atoms. The van der Waals surface area contributed by atoms with E-state index in [9.17, 15) is 13.2 Å². The average molecular weight is 435 g/mol. The van der Waals surface area contributed by atoms with Crippen LogP contribution >= 0.6 is 11.6 Å². The lowest BCUT2D eigenvalue weighted by atomic mass is 10.2. The maximum atomic E-state index is 13.0. The molecule has 0 saturated carbocycles. The molecule has 1 aromatic carbocycles. The highest BCUT2D eigenvalue weighted by Crippen LogP contribution is 2.36. The minimum atomic E-state index is -4.56. The first-order valence-electron chi connectivity index (χ1n) is 8.32. The molecule has 13 heteroatoms. The molecule has 0 amide bonds. The topological polar surface area (TPSA) is 118 Å². The summed E-state index contributed by atoms with van der Waals surface area (Å²) in [4.78, 5) is 16.2. The molecule has 0 bridgehead atoms. The van der Waals surface area contributed by atoms with Crippen molar-refractivity contribution in [2.75, 3.05) is 5.32 Å². The summed E-state index contributed by atoms with van der Waals surface area (Å²) in [5.41, 5.74) is -0.789. The van der Waals surface area contributed by atoms with Crippen molar-refractivity contribution in [2.24, 2.45) is 0 Å². The van der Waals surface area contributed by atoms with Gasteiger partial charge in [0.15, 0.2) is 22.9 Å². The van der Waals surface area contributed by atoms with Gasteiger partial charge in [0.2, 0.25) is 0 Å². The molecule has 0 unspecified atom stereocenters. The molecule has 0 aliphatic heterocycles. The van der Waals surface area contributed by atoms with Crippen LogP contribution in [-0.2, 0) is 6.18 Å². The number of nitrogens with one attached hydrogen (secondary N) is 1. The summed E-state index contributed by atoms with van der Waals surface area (Å²) in [7, 11) is 0. The molecule has 0 radical (unpaired) electrons. The highest BCUT2D eigenvalue weighted by molar-refractivity contribution is 6.34. The van der Waals surface area contributed by atoms with Gasteiger partial charge in [0.25, 0.3) is 6.01 Å². The first kappa shape index (κ1) is 19.6. The smallest absolute Gasteiger partial charge is 0.416 e. The minimum absolute atomic E-state index is 0.0267. The second-order valence-electron chi connectivity index (χ2n) is 6.09. The van der Waals surface area contributed by atoms with Gasteiger partial charge in [-0.3, -0.25) is 0 Å². The Morgan fingerprint density at radius 3 is 2.70 bits per heavy atom. The Morgan fingerprint density at radius 2 is 2.03 bits per heavy atom. The van der Waals surface area contributed by atoms with Crippen LogP contribution in [0.15, 0.2) is 35.3 Å². The molecule has 9 nitrogen and oxygen atoms in total. The fourth-order valence-corrected chi connectivity index (χ4v) is 2.93. The Hall–Kier alpha value is -3.72. The Bertz CT molecular complexity index is 1260. The molecule has 1 N–H and O–H groups in total. The van der Waals surface area contributed by atoms with E-state index in [1.165, 1.54) is 23.4 Å². The number of fused-ring (bicyclic) bond motifs is 1. The standard InChI is InChI=1S/C17H10ClF3N8O/c1-8(15-25-7-26-29(15)13-6-23-10(4-22)5-24-13)27-16-28-12-3-9(17(19,20)21)2-11(18)14(12)30-16/h2-3,5-8H,1H3,(H,27,28)/t8-/m0/s1. The van der Waals surface area contributed by atoms with Crippen LogP contribution in [0, 0.1) is 11.3 Å². The number of nitriles is 1. The highest BCUT2D eigenvalue weighted by Gasteiger charge is 2.32. The van der Waals surface area contributed by atoms with Crippen LogP contribution in [0.1, 0.15) is 30.0 Å². The molecular weight excluding hydrogens is 425 g/mol. The van der Waals surface area contributed by atoms with E-state index in [1.54, 1.807) is 6.92 Å². The van der Waals surface area contributed by atoms with Gasteiger partial charge < -0.3 is 9.73 Å². The van der Waals surface area contributed by atoms with Crippen LogP contribution in [0.5, 0.6) is 0 Å². The molecule has 4 rings (SSSR count). The Labute approximate surface area is 171 Å². The van der Waals surface area contributed by atoms with Crippen molar-refractivity contribution in [1.82, 2.24) is 29.7 Å². The number of halogens is 4. The fraction of sp³-hybridized carbons (Fsp3) is 0.176. The lowest BCUT2D eigenvalue weighted by Crippen LogP contribution is -2.15. The summed E-state index contributed by atoms with van der Waals surface area (Å²) < 4.78 is 45.8. The molecule has 0 saturated heterocycles. The SMILES string of the molecule is C[C@H](Nc1nc2cc(C(F)(F)F)cc(Cl)c2o1)c1ncnn1-c1cnc(C#N)cn1. The van der Waals surface area contributed by atoms with Gasteiger partial charge >= 0.3 is 6.18 Å². The van der Waals surface area contributed by atoms with Gasteiger partial charge in [0, 0.05) is 0 Å². The average Bonchev–Trinajstić information content (AvgIpc) is 3.34. The normalized spacial score (nSPS) is 12.7. The molecule has 152 valence electrons. The summed E-state index contributed by atoms with van der Waals surface area (Å²) in [6.45, 7) is 1.72. The van der Waals surface area contributed by atoms with E-state index < -0.39 is 17.8 Å². The summed E-state index contributed by atoms with van der Waals surface area (Å²) >= 11 is 5.92. The predicted molar refractivity (Wildman–Crippen MR) is 97.7 cm³/mol. The molecule has 3 heterocycles. The van der Waals surface area contributed by atoms with E-state index in [1.807, 2.05) is 6.07 Å². The predicted octanol–water partition coefficient (Wildman–Crippen LogP) is 3.92. The summed E-state index contributed by atoms with van der Waals surface area (Å²) in [5, 5.41) is 15.6. The van der Waals surface area contributed by atoms with Gasteiger partial charge in [0.1, 0.15) is 17.9 Å². The fourth-order valence-electron chi connectivity index (χ4n) is 2.68. The van der Waals surface area contributed by atoms with Crippen molar-refractivity contribution in [1.29, 1.82) is 5.26 Å². The van der Waals surface area contributed by atoms with Gasteiger partial charge in [-0.25, -0.2) is 15.0 Å². The first-order chi connectivity index (χ1) is 14.3. The third kappa shape index (κ3) is 3.62. The van der Waals surface area contributed by atoms with E-state index >= 15 is 0 Å². The number of oxazole rings is 1. The lowest BCUT2D eigenvalue weighted by molar-refractivity contribution is -0.137. The van der Waals surface area contributed by atoms with Crippen LogP contribution in [0.3, 0.4) is 0 Å². The Kier molecular flexibility index (Phi) is 4.75. The number of hydrogen-bond acceptors (Lipinski definition) is 8. The number of benzene rings is 1. The third-order valence-electron chi connectivity index (χ3n) is 4.04. The Morgan fingerprint density at radius 1 is 1.23 bits per heavy atom. The van der Waals surface area contributed by atoms with E-state index in [4.69, 9.17) is 21.3 Å². The van der Waals surface area contributed by atoms with Crippen LogP contribution in [-0.4, -0.2) is 29.7 Å². The zero-order valence-corrected chi connectivity index (χ0v) is 15.8. The quantitative estimate of drug-likeness (QED) is 0.513. The molecular formula is C17H10ClF3N8O.